The average molecular weight is 742 g/mol. The van der Waals surface area contributed by atoms with Gasteiger partial charge in [-0.15, -0.1) is 0 Å². The Balaban J connectivity index is 1.42. The predicted octanol–water partition coefficient (Wildman–Crippen LogP) is 8.52. The van der Waals surface area contributed by atoms with Gasteiger partial charge in [0, 0.05) is 30.9 Å². The molecule has 0 unspecified atom stereocenters. The Morgan fingerprint density at radius 3 is 2.32 bits per heavy atom. The number of carbonyl (C=O) groups is 2. The van der Waals surface area contributed by atoms with Crippen molar-refractivity contribution in [3.63, 3.8) is 0 Å². The molecule has 286 valence electrons. The van der Waals surface area contributed by atoms with Crippen LogP contribution in [0.25, 0.3) is 11.1 Å². The van der Waals surface area contributed by atoms with Crippen molar-refractivity contribution in [1.82, 2.24) is 14.8 Å². The Bertz CT molecular complexity index is 1900. The Labute approximate surface area is 306 Å². The molecule has 53 heavy (non-hydrogen) atoms. The summed E-state index contributed by atoms with van der Waals surface area (Å²) in [7, 11) is 0. The number of hydrogen-bond donors (Lipinski definition) is 2. The molecule has 0 radical (unpaired) electrons. The molecule has 3 aromatic rings. The highest BCUT2D eigenvalue weighted by molar-refractivity contribution is 5.82. The number of rotatable bonds is 8. The average Bonchev–Trinajstić information content (AvgIpc) is 3.90. The number of aryl methyl sites for hydroxylation is 4. The molecule has 2 fully saturated rings. The fraction of sp³-hybridized carbons (Fsp3) is 0.537. The number of fused-ring (bicyclic) bond motifs is 4. The fourth-order valence-corrected chi connectivity index (χ4v) is 8.17. The van der Waals surface area contributed by atoms with Crippen molar-refractivity contribution < 1.29 is 36.6 Å². The molecule has 1 saturated carbocycles. The second-order valence-corrected chi connectivity index (χ2v) is 15.3. The zero-order valence-corrected chi connectivity index (χ0v) is 30.3. The van der Waals surface area contributed by atoms with Gasteiger partial charge in [0.05, 0.1) is 18.0 Å². The minimum atomic E-state index is -4.82. The van der Waals surface area contributed by atoms with Crippen LogP contribution in [0.5, 0.6) is 0 Å². The van der Waals surface area contributed by atoms with Crippen molar-refractivity contribution in [2.75, 3.05) is 19.6 Å². The number of pyridine rings is 1. The van der Waals surface area contributed by atoms with Crippen molar-refractivity contribution in [2.45, 2.75) is 121 Å². The predicted molar refractivity (Wildman–Crippen MR) is 192 cm³/mol. The third-order valence-corrected chi connectivity index (χ3v) is 10.9. The van der Waals surface area contributed by atoms with E-state index in [0.717, 1.165) is 77.1 Å². The number of amides is 1. The first kappa shape index (κ1) is 38.7. The molecule has 1 aromatic heterocycles. The van der Waals surface area contributed by atoms with Crippen molar-refractivity contribution in [2.24, 2.45) is 0 Å². The maximum Gasteiger partial charge on any atom is 0.416 e. The van der Waals surface area contributed by atoms with Crippen molar-refractivity contribution in [3.8, 4) is 11.1 Å². The van der Waals surface area contributed by atoms with Gasteiger partial charge in [-0.1, -0.05) is 43.4 Å². The van der Waals surface area contributed by atoms with E-state index in [0.29, 0.717) is 31.0 Å². The van der Waals surface area contributed by atoms with Gasteiger partial charge < -0.3 is 15.0 Å². The summed E-state index contributed by atoms with van der Waals surface area (Å²) < 4.78 is 73.5. The second-order valence-electron chi connectivity index (χ2n) is 15.3. The van der Waals surface area contributed by atoms with Crippen LogP contribution in [0.15, 0.2) is 41.3 Å². The van der Waals surface area contributed by atoms with Crippen LogP contribution in [0.1, 0.15) is 121 Å². The third kappa shape index (κ3) is 9.19. The van der Waals surface area contributed by atoms with Gasteiger partial charge in [-0.2, -0.15) is 13.2 Å². The summed E-state index contributed by atoms with van der Waals surface area (Å²) in [5.41, 5.74) is 3.19. The van der Waals surface area contributed by atoms with E-state index < -0.39 is 59.7 Å². The van der Waals surface area contributed by atoms with Crippen molar-refractivity contribution >= 4 is 11.9 Å². The van der Waals surface area contributed by atoms with Crippen LogP contribution in [-0.4, -0.2) is 52.3 Å². The summed E-state index contributed by atoms with van der Waals surface area (Å²) >= 11 is 0. The molecule has 2 N–H and O–H groups in total. The van der Waals surface area contributed by atoms with E-state index in [1.165, 1.54) is 0 Å². The molecule has 1 amide bonds. The van der Waals surface area contributed by atoms with E-state index in [4.69, 9.17) is 0 Å². The summed E-state index contributed by atoms with van der Waals surface area (Å²) in [5, 5.41) is 12.8. The fourth-order valence-electron chi connectivity index (χ4n) is 8.17. The normalized spacial score (nSPS) is 20.8. The topological polar surface area (TPSA) is 91.6 Å². The highest BCUT2D eigenvalue weighted by Crippen LogP contribution is 2.45. The van der Waals surface area contributed by atoms with Crippen LogP contribution in [-0.2, 0) is 28.6 Å². The van der Waals surface area contributed by atoms with E-state index in [1.54, 1.807) is 11.0 Å². The van der Waals surface area contributed by atoms with Gasteiger partial charge in [-0.3, -0.25) is 19.3 Å². The van der Waals surface area contributed by atoms with Crippen LogP contribution in [0, 0.1) is 19.7 Å². The van der Waals surface area contributed by atoms with E-state index in [2.05, 4.69) is 17.4 Å². The second kappa shape index (κ2) is 16.1. The number of carbonyl (C=O) groups excluding carboxylic acids is 1. The number of carboxylic acids is 1. The number of aliphatic carboxylic acids is 1. The largest absolute Gasteiger partial charge is 0.481 e. The number of carboxylic acid groups (broad SMARTS) is 1. The maximum atomic E-state index is 16.5. The van der Waals surface area contributed by atoms with Gasteiger partial charge in [-0.05, 0) is 117 Å². The number of nitrogens with one attached hydrogen (secondary N) is 1. The molecule has 1 saturated heterocycles. The third-order valence-electron chi connectivity index (χ3n) is 10.9. The summed E-state index contributed by atoms with van der Waals surface area (Å²) in [6.45, 7) is 4.87. The zero-order chi connectivity index (χ0) is 38.0. The van der Waals surface area contributed by atoms with Gasteiger partial charge in [0.15, 0.2) is 0 Å². The first-order valence-corrected chi connectivity index (χ1v) is 18.8. The van der Waals surface area contributed by atoms with E-state index in [9.17, 15) is 37.1 Å². The molecular formula is C41H48F5N3O4. The number of hydrogen-bond acceptors (Lipinski definition) is 4. The number of halogens is 5. The highest BCUT2D eigenvalue weighted by Gasteiger charge is 2.37. The lowest BCUT2D eigenvalue weighted by molar-refractivity contribution is -0.139. The number of aromatic nitrogens is 1. The Hall–Kier alpha value is -4.06. The summed E-state index contributed by atoms with van der Waals surface area (Å²) in [6.07, 6.45) is 1.19. The van der Waals surface area contributed by atoms with Gasteiger partial charge >= 0.3 is 12.1 Å². The molecule has 2 aliphatic heterocycles. The molecule has 2 atom stereocenters. The molecule has 12 heteroatoms. The molecule has 0 spiro atoms. The van der Waals surface area contributed by atoms with Gasteiger partial charge in [0.2, 0.25) is 5.91 Å². The highest BCUT2D eigenvalue weighted by atomic mass is 19.4. The number of benzene rings is 2. The quantitative estimate of drug-likeness (QED) is 0.226. The Morgan fingerprint density at radius 1 is 0.943 bits per heavy atom. The maximum absolute atomic E-state index is 16.5. The van der Waals surface area contributed by atoms with Gasteiger partial charge in [-0.25, -0.2) is 8.78 Å². The van der Waals surface area contributed by atoms with E-state index in [-0.39, 0.29) is 49.4 Å². The molecule has 3 heterocycles. The van der Waals surface area contributed by atoms with Crippen molar-refractivity contribution in [1.29, 1.82) is 0 Å². The van der Waals surface area contributed by atoms with Gasteiger partial charge in [0.1, 0.15) is 18.0 Å². The van der Waals surface area contributed by atoms with Gasteiger partial charge in [0.25, 0.3) is 5.56 Å². The Kier molecular flexibility index (Phi) is 11.8. The molecule has 1 aliphatic carbocycles. The van der Waals surface area contributed by atoms with Crippen LogP contribution in [0.4, 0.5) is 22.0 Å². The van der Waals surface area contributed by atoms with E-state index >= 15 is 4.39 Å². The lowest BCUT2D eigenvalue weighted by Gasteiger charge is -2.34. The summed E-state index contributed by atoms with van der Waals surface area (Å²) in [6, 6.07) is 5.63. The molecule has 2 bridgehead atoms. The smallest absolute Gasteiger partial charge is 0.416 e. The minimum Gasteiger partial charge on any atom is -0.481 e. The number of alkyl halides is 4. The molecule has 2 aromatic carbocycles. The monoisotopic (exact) mass is 741 g/mol. The number of likely N-dealkylation sites (tertiary alicyclic amines) is 1. The molecular weight excluding hydrogens is 693 g/mol. The summed E-state index contributed by atoms with van der Waals surface area (Å²) in [5.74, 6) is -2.66. The summed E-state index contributed by atoms with van der Waals surface area (Å²) in [4.78, 5) is 41.8. The first-order chi connectivity index (χ1) is 25.2. The van der Waals surface area contributed by atoms with Crippen LogP contribution in [0.2, 0.25) is 0 Å². The Morgan fingerprint density at radius 2 is 1.64 bits per heavy atom. The first-order valence-electron chi connectivity index (χ1n) is 18.8. The number of nitrogens with zero attached hydrogens (tertiary/aromatic N) is 2. The van der Waals surface area contributed by atoms with Crippen LogP contribution < -0.4 is 10.9 Å². The molecule has 3 aliphatic rings. The van der Waals surface area contributed by atoms with E-state index in [1.807, 2.05) is 19.9 Å². The molecule has 7 nitrogen and oxygen atoms in total. The lowest BCUT2D eigenvalue weighted by Crippen LogP contribution is -2.48. The minimum absolute atomic E-state index is 0.0267. The van der Waals surface area contributed by atoms with Crippen LogP contribution in [0.3, 0.4) is 0 Å². The lowest BCUT2D eigenvalue weighted by atomic mass is 9.86. The molecule has 6 rings (SSSR count). The van der Waals surface area contributed by atoms with Crippen molar-refractivity contribution in [3.05, 3.63) is 91.6 Å². The standard InChI is InChI=1S/C41H48F5N3O4/c1-24-15-25(2)38-27(16-24)9-6-4-3-5-7-11-35(40(53)47-34(20-37(51)52)32-18-29(38)17-31(39(32)43)26-12-13-26)49-21-28(10-8-14-48-22-30(42)23-48)33(19-36(49)50)41(44,45)46/h15-19,21,26,30,34-35H,3-14,20,22-23H2,1-2H3,(H,47,53)(H,51,52)/t34-,35-/m0/s1. The van der Waals surface area contributed by atoms with Crippen LogP contribution >= 0.6 is 0 Å². The zero-order valence-electron chi connectivity index (χ0n) is 30.3. The SMILES string of the molecule is Cc1cc(C)c2c(c1)CCCCCCC[C@H](n1cc(CCCN3CC(F)C3)c(C(F)(F)F)cc1=O)C(=O)N[C@@H](CC(=O)O)c1cc-2cc(C2CC2)c1F.